The van der Waals surface area contributed by atoms with E-state index in [1.807, 2.05) is 30.3 Å². The van der Waals surface area contributed by atoms with Crippen molar-refractivity contribution in [2.24, 2.45) is 0 Å². The lowest BCUT2D eigenvalue weighted by Gasteiger charge is -2.35. The van der Waals surface area contributed by atoms with Gasteiger partial charge in [-0.25, -0.2) is 8.42 Å². The summed E-state index contributed by atoms with van der Waals surface area (Å²) in [4.78, 5) is 27.6. The van der Waals surface area contributed by atoms with E-state index in [1.165, 1.54) is 31.2 Å². The zero-order valence-corrected chi connectivity index (χ0v) is 20.8. The standard InChI is InChI=1S/C26H27N3O6S/c1-28(36(32,33)21-14-12-20(34-2)13-15-21)18-25(30)29-17-24(35-23-11-7-6-10-22(23)29)26(31)27-16-19-8-4-3-5-9-19/h3-15,24H,16-18H2,1-2H3,(H,27,31)/t24-/m0/s1. The largest absolute Gasteiger partial charge is 0.497 e. The Labute approximate surface area is 210 Å². The van der Waals surface area contributed by atoms with Gasteiger partial charge in [-0.2, -0.15) is 4.31 Å². The van der Waals surface area contributed by atoms with Crippen molar-refractivity contribution in [3.05, 3.63) is 84.4 Å². The van der Waals surface area contributed by atoms with Crippen molar-refractivity contribution in [2.75, 3.05) is 32.1 Å². The predicted octanol–water partition coefficient (Wildman–Crippen LogP) is 2.43. The molecule has 1 heterocycles. The van der Waals surface area contributed by atoms with Crippen LogP contribution in [0.5, 0.6) is 11.5 Å². The molecule has 1 aliphatic heterocycles. The zero-order chi connectivity index (χ0) is 25.7. The number of amides is 2. The van der Waals surface area contributed by atoms with Crippen molar-refractivity contribution in [2.45, 2.75) is 17.5 Å². The second kappa shape index (κ2) is 10.8. The molecule has 4 rings (SSSR count). The molecule has 3 aromatic rings. The maximum atomic E-state index is 13.3. The van der Waals surface area contributed by atoms with Gasteiger partial charge in [0.05, 0.1) is 30.8 Å². The van der Waals surface area contributed by atoms with Gasteiger partial charge < -0.3 is 19.7 Å². The van der Waals surface area contributed by atoms with Crippen LogP contribution in [0, 0.1) is 0 Å². The number of likely N-dealkylation sites (N-methyl/N-ethyl adjacent to an activating group) is 1. The molecule has 1 aliphatic rings. The number of carbonyl (C=O) groups excluding carboxylic acids is 2. The van der Waals surface area contributed by atoms with Gasteiger partial charge in [0, 0.05) is 13.6 Å². The van der Waals surface area contributed by atoms with Gasteiger partial charge in [-0.05, 0) is 42.0 Å². The minimum atomic E-state index is -3.92. The number of hydrogen-bond acceptors (Lipinski definition) is 6. The van der Waals surface area contributed by atoms with Crippen molar-refractivity contribution in [1.82, 2.24) is 9.62 Å². The van der Waals surface area contributed by atoms with Gasteiger partial charge in [-0.15, -0.1) is 0 Å². The molecule has 0 saturated heterocycles. The van der Waals surface area contributed by atoms with Crippen LogP contribution in [0.2, 0.25) is 0 Å². The van der Waals surface area contributed by atoms with E-state index in [4.69, 9.17) is 9.47 Å². The van der Waals surface area contributed by atoms with Crippen LogP contribution >= 0.6 is 0 Å². The Morgan fingerprint density at radius 3 is 2.39 bits per heavy atom. The summed E-state index contributed by atoms with van der Waals surface area (Å²) >= 11 is 0. The second-order valence-corrected chi connectivity index (χ2v) is 10.3. The van der Waals surface area contributed by atoms with Crippen LogP contribution in [-0.4, -0.2) is 57.9 Å². The maximum absolute atomic E-state index is 13.3. The van der Waals surface area contributed by atoms with Crippen molar-refractivity contribution >= 4 is 27.5 Å². The summed E-state index contributed by atoms with van der Waals surface area (Å²) in [6.07, 6.45) is -0.948. The third-order valence-electron chi connectivity index (χ3n) is 5.80. The molecule has 0 fully saturated rings. The molecule has 0 aliphatic carbocycles. The highest BCUT2D eigenvalue weighted by molar-refractivity contribution is 7.89. The van der Waals surface area contributed by atoms with Crippen LogP contribution in [0.15, 0.2) is 83.8 Å². The minimum absolute atomic E-state index is 0.0409. The van der Waals surface area contributed by atoms with Gasteiger partial charge in [-0.3, -0.25) is 9.59 Å². The highest BCUT2D eigenvalue weighted by atomic mass is 32.2. The third-order valence-corrected chi connectivity index (χ3v) is 7.62. The summed E-state index contributed by atoms with van der Waals surface area (Å²) in [6.45, 7) is -0.147. The third kappa shape index (κ3) is 5.50. The van der Waals surface area contributed by atoms with Crippen LogP contribution in [0.4, 0.5) is 5.69 Å². The number of anilines is 1. The van der Waals surface area contributed by atoms with Crippen LogP contribution < -0.4 is 19.7 Å². The number of nitrogens with zero attached hydrogens (tertiary/aromatic N) is 2. The lowest BCUT2D eigenvalue weighted by atomic mass is 10.1. The molecule has 10 heteroatoms. The second-order valence-electron chi connectivity index (χ2n) is 8.22. The number of benzene rings is 3. The molecule has 0 unspecified atom stereocenters. The Morgan fingerprint density at radius 2 is 1.69 bits per heavy atom. The summed E-state index contributed by atoms with van der Waals surface area (Å²) in [5.74, 6) is 0.0448. The number of carbonyl (C=O) groups is 2. The molecule has 0 bridgehead atoms. The normalized spacial score (nSPS) is 15.1. The molecule has 36 heavy (non-hydrogen) atoms. The summed E-state index contributed by atoms with van der Waals surface area (Å²) in [6, 6.07) is 22.2. The lowest BCUT2D eigenvalue weighted by Crippen LogP contribution is -2.52. The first-order valence-corrected chi connectivity index (χ1v) is 12.7. The number of nitrogens with one attached hydrogen (secondary N) is 1. The van der Waals surface area contributed by atoms with Gasteiger partial charge in [0.25, 0.3) is 5.91 Å². The number of rotatable bonds is 8. The van der Waals surface area contributed by atoms with E-state index in [0.717, 1.165) is 9.87 Å². The number of ether oxygens (including phenoxy) is 2. The van der Waals surface area contributed by atoms with E-state index in [9.17, 15) is 18.0 Å². The molecule has 9 nitrogen and oxygen atoms in total. The van der Waals surface area contributed by atoms with E-state index in [-0.39, 0.29) is 17.3 Å². The van der Waals surface area contributed by atoms with E-state index in [0.29, 0.717) is 23.7 Å². The SMILES string of the molecule is COc1ccc(S(=O)(=O)N(C)CC(=O)N2C[C@@H](C(=O)NCc3ccccc3)Oc3ccccc32)cc1. The number of hydrogen-bond donors (Lipinski definition) is 1. The number of sulfonamides is 1. The number of para-hydroxylation sites is 2. The Bertz CT molecular complexity index is 1330. The Kier molecular flexibility index (Phi) is 7.56. The van der Waals surface area contributed by atoms with Gasteiger partial charge in [0.2, 0.25) is 15.9 Å². The van der Waals surface area contributed by atoms with Crippen molar-refractivity contribution < 1.29 is 27.5 Å². The van der Waals surface area contributed by atoms with E-state index >= 15 is 0 Å². The van der Waals surface area contributed by atoms with E-state index in [1.54, 1.807) is 36.4 Å². The fraction of sp³-hybridized carbons (Fsp3) is 0.231. The van der Waals surface area contributed by atoms with Crippen LogP contribution in [0.3, 0.4) is 0 Å². The van der Waals surface area contributed by atoms with Crippen LogP contribution in [0.25, 0.3) is 0 Å². The average molecular weight is 510 g/mol. The Hall–Kier alpha value is -3.89. The lowest BCUT2D eigenvalue weighted by molar-refractivity contribution is -0.128. The fourth-order valence-corrected chi connectivity index (χ4v) is 4.91. The Balaban J connectivity index is 1.49. The molecule has 188 valence electrons. The first-order valence-electron chi connectivity index (χ1n) is 11.3. The van der Waals surface area contributed by atoms with Gasteiger partial charge in [0.1, 0.15) is 11.5 Å². The number of fused-ring (bicyclic) bond motifs is 1. The molecule has 0 saturated carbocycles. The highest BCUT2D eigenvalue weighted by Gasteiger charge is 2.35. The van der Waals surface area contributed by atoms with Gasteiger partial charge in [-0.1, -0.05) is 42.5 Å². The maximum Gasteiger partial charge on any atom is 0.263 e. The van der Waals surface area contributed by atoms with Crippen molar-refractivity contribution in [3.8, 4) is 11.5 Å². The molecule has 0 spiro atoms. The smallest absolute Gasteiger partial charge is 0.263 e. The molecule has 0 aromatic heterocycles. The zero-order valence-electron chi connectivity index (χ0n) is 20.0. The van der Waals surface area contributed by atoms with Crippen molar-refractivity contribution in [1.29, 1.82) is 0 Å². The molecular formula is C26H27N3O6S. The number of methoxy groups -OCH3 is 1. The highest BCUT2D eigenvalue weighted by Crippen LogP contribution is 2.33. The monoisotopic (exact) mass is 509 g/mol. The summed E-state index contributed by atoms with van der Waals surface area (Å²) < 4.78 is 38.0. The molecule has 1 N–H and O–H groups in total. The van der Waals surface area contributed by atoms with Gasteiger partial charge in [0.15, 0.2) is 6.10 Å². The quantitative estimate of drug-likeness (QED) is 0.500. The molecule has 2 amide bonds. The minimum Gasteiger partial charge on any atom is -0.497 e. The van der Waals surface area contributed by atoms with Crippen molar-refractivity contribution in [3.63, 3.8) is 0 Å². The molecule has 1 atom stereocenters. The van der Waals surface area contributed by atoms with E-state index < -0.39 is 28.6 Å². The molecule has 0 radical (unpaired) electrons. The predicted molar refractivity (Wildman–Crippen MR) is 134 cm³/mol. The Morgan fingerprint density at radius 1 is 1.03 bits per heavy atom. The summed E-state index contributed by atoms with van der Waals surface area (Å²) in [5.41, 5.74) is 1.41. The first kappa shape index (κ1) is 25.2. The van der Waals surface area contributed by atoms with Crippen LogP contribution in [0.1, 0.15) is 5.56 Å². The topological polar surface area (TPSA) is 105 Å². The average Bonchev–Trinajstić information content (AvgIpc) is 2.91. The molecular weight excluding hydrogens is 482 g/mol. The van der Waals surface area contributed by atoms with Crippen LogP contribution in [-0.2, 0) is 26.2 Å². The molecule has 3 aromatic carbocycles. The first-order chi connectivity index (χ1) is 17.3. The van der Waals surface area contributed by atoms with Gasteiger partial charge >= 0.3 is 0 Å². The van der Waals surface area contributed by atoms with E-state index in [2.05, 4.69) is 5.32 Å². The summed E-state index contributed by atoms with van der Waals surface area (Å²) in [7, 11) is -1.09. The summed E-state index contributed by atoms with van der Waals surface area (Å²) in [5, 5.41) is 2.84. The fourth-order valence-electron chi connectivity index (χ4n) is 3.79.